The van der Waals surface area contributed by atoms with Crippen molar-refractivity contribution in [3.05, 3.63) is 85.1 Å². The molecule has 15 heteroatoms. The number of rotatable bonds is 35. The lowest BCUT2D eigenvalue weighted by atomic mass is 9.85. The van der Waals surface area contributed by atoms with Crippen molar-refractivity contribution in [1.29, 1.82) is 0 Å². The molecule has 1 aliphatic rings. The van der Waals surface area contributed by atoms with E-state index >= 15 is 0 Å². The maximum Gasteiger partial charge on any atom is 0.472 e. The van der Waals surface area contributed by atoms with Crippen molar-refractivity contribution in [1.82, 2.24) is 0 Å². The fraction of sp³-hybridized carbons (Fsp3) is 0.660. The third kappa shape index (κ3) is 29.4. The Kier molecular flexibility index (Phi) is 33.4. The topological polar surface area (TPSA) is 230 Å². The number of allylic oxidation sites excluding steroid dienone is 14. The van der Waals surface area contributed by atoms with E-state index in [-0.39, 0.29) is 18.9 Å². The van der Waals surface area contributed by atoms with Gasteiger partial charge in [-0.15, -0.1) is 0 Å². The standard InChI is InChI=1S/C47H77O14P/c1-3-4-5-6-7-8-9-10-12-17-20-23-26-29-32-35-41(50)60-39(37-59-62(56,57)61-47-45(54)43(52)42(51)44(53)46(47)55)36-58-40(49)34-31-28-25-22-19-16-14-11-13-15-18-21-24-27-30-33-38(2)48/h4-5,7-8,10,12-16,21-22,24-25,38-39,42-48,51-55H,3,6,9,11,17-20,23,26-37H2,1-2H3,(H,56,57)/b5-4-,8-7-,12-10-,15-13-,16-14-,24-21-,25-22-/t38-,39-,42?,43-,44+,45-,46-,47?/m1/s1. The third-order valence-electron chi connectivity index (χ3n) is 9.74. The van der Waals surface area contributed by atoms with Gasteiger partial charge in [0, 0.05) is 12.8 Å². The molecule has 3 unspecified atom stereocenters. The summed E-state index contributed by atoms with van der Waals surface area (Å²) >= 11 is 0. The largest absolute Gasteiger partial charge is 0.472 e. The van der Waals surface area contributed by atoms with Gasteiger partial charge < -0.3 is 45.0 Å². The number of esters is 2. The predicted molar refractivity (Wildman–Crippen MR) is 241 cm³/mol. The lowest BCUT2D eigenvalue weighted by Gasteiger charge is -2.41. The average Bonchev–Trinajstić information content (AvgIpc) is 3.24. The molecule has 0 aromatic heterocycles. The zero-order chi connectivity index (χ0) is 45.9. The van der Waals surface area contributed by atoms with Gasteiger partial charge in [-0.25, -0.2) is 4.57 Å². The van der Waals surface area contributed by atoms with Gasteiger partial charge in [0.1, 0.15) is 43.2 Å². The van der Waals surface area contributed by atoms with Crippen molar-refractivity contribution in [2.75, 3.05) is 13.2 Å². The molecule has 0 aliphatic heterocycles. The summed E-state index contributed by atoms with van der Waals surface area (Å²) in [5.41, 5.74) is 0. The third-order valence-corrected chi connectivity index (χ3v) is 10.7. The van der Waals surface area contributed by atoms with Crippen molar-refractivity contribution >= 4 is 19.8 Å². The van der Waals surface area contributed by atoms with E-state index in [0.29, 0.717) is 19.3 Å². The number of aliphatic hydroxyl groups excluding tert-OH is 6. The summed E-state index contributed by atoms with van der Waals surface area (Å²) < 4.78 is 33.4. The van der Waals surface area contributed by atoms with Crippen LogP contribution in [0, 0.1) is 0 Å². The molecule has 0 saturated heterocycles. The number of hydrogen-bond acceptors (Lipinski definition) is 13. The van der Waals surface area contributed by atoms with Crippen molar-refractivity contribution < 1.29 is 68.2 Å². The van der Waals surface area contributed by atoms with E-state index in [4.69, 9.17) is 18.5 Å². The highest BCUT2D eigenvalue weighted by atomic mass is 31.2. The second-order valence-corrected chi connectivity index (χ2v) is 16.9. The summed E-state index contributed by atoms with van der Waals surface area (Å²) in [4.78, 5) is 35.6. The van der Waals surface area contributed by atoms with Crippen LogP contribution in [0.1, 0.15) is 136 Å². The lowest BCUT2D eigenvalue weighted by Crippen LogP contribution is -2.64. The Bertz CT molecular complexity index is 1420. The van der Waals surface area contributed by atoms with Gasteiger partial charge in [-0.05, 0) is 96.8 Å². The molecule has 0 radical (unpaired) electrons. The minimum Gasteiger partial charge on any atom is -0.462 e. The average molecular weight is 897 g/mol. The molecule has 0 amide bonds. The van der Waals surface area contributed by atoms with E-state index in [1.807, 2.05) is 12.2 Å². The van der Waals surface area contributed by atoms with Gasteiger partial charge in [0.05, 0.1) is 12.7 Å². The SMILES string of the molecule is CC/C=C\C/C=C\C/C=C\CCCCCCCC(=O)O[C@H](COC(=O)CCC/C=C\C/C=C\C/C=C\C/C=C\CCC[C@@H](C)O)COP(=O)(O)OC1[C@H](O)[C@H](O)C(O)[C@H](O)[C@H]1O. The van der Waals surface area contributed by atoms with Crippen LogP contribution in [0.2, 0.25) is 0 Å². The van der Waals surface area contributed by atoms with Gasteiger partial charge in [0.2, 0.25) is 0 Å². The fourth-order valence-corrected chi connectivity index (χ4v) is 7.11. The molecule has 0 heterocycles. The molecule has 1 fully saturated rings. The van der Waals surface area contributed by atoms with Gasteiger partial charge in [-0.3, -0.25) is 18.6 Å². The normalized spacial score (nSPS) is 23.2. The van der Waals surface area contributed by atoms with Crippen LogP contribution in [0.4, 0.5) is 0 Å². The van der Waals surface area contributed by atoms with Crippen LogP contribution in [-0.4, -0.2) is 110 Å². The first-order valence-electron chi connectivity index (χ1n) is 22.4. The smallest absolute Gasteiger partial charge is 0.462 e. The van der Waals surface area contributed by atoms with Crippen LogP contribution in [0.3, 0.4) is 0 Å². The van der Waals surface area contributed by atoms with E-state index in [2.05, 4.69) is 79.8 Å². The van der Waals surface area contributed by atoms with Gasteiger partial charge in [0.15, 0.2) is 6.10 Å². The van der Waals surface area contributed by atoms with Crippen LogP contribution in [0.5, 0.6) is 0 Å². The molecule has 0 aromatic rings. The number of unbranched alkanes of at least 4 members (excludes halogenated alkanes) is 7. The Morgan fingerprint density at radius 3 is 1.53 bits per heavy atom. The van der Waals surface area contributed by atoms with Crippen LogP contribution in [0.15, 0.2) is 85.1 Å². The second-order valence-electron chi connectivity index (χ2n) is 15.4. The highest BCUT2D eigenvalue weighted by molar-refractivity contribution is 7.47. The molecule has 62 heavy (non-hydrogen) atoms. The van der Waals surface area contributed by atoms with Gasteiger partial charge in [0.25, 0.3) is 0 Å². The Labute approximate surface area is 370 Å². The number of ether oxygens (including phenoxy) is 2. The number of aliphatic hydroxyl groups is 6. The molecule has 0 aromatic carbocycles. The fourth-order valence-electron chi connectivity index (χ4n) is 6.13. The Morgan fingerprint density at radius 1 is 0.565 bits per heavy atom. The molecule has 0 spiro atoms. The molecule has 1 aliphatic carbocycles. The van der Waals surface area contributed by atoms with E-state index < -0.39 is 75.7 Å². The first-order valence-corrected chi connectivity index (χ1v) is 23.9. The summed E-state index contributed by atoms with van der Waals surface area (Å²) in [5, 5.41) is 59.4. The van der Waals surface area contributed by atoms with Crippen LogP contribution < -0.4 is 0 Å². The van der Waals surface area contributed by atoms with Gasteiger partial charge in [-0.2, -0.15) is 0 Å². The Hall–Kier alpha value is -3.01. The second kappa shape index (κ2) is 36.3. The molecule has 7 N–H and O–H groups in total. The predicted octanol–water partition coefficient (Wildman–Crippen LogP) is 7.47. The highest BCUT2D eigenvalue weighted by Crippen LogP contribution is 2.47. The van der Waals surface area contributed by atoms with E-state index in [1.54, 1.807) is 6.92 Å². The van der Waals surface area contributed by atoms with Crippen LogP contribution in [-0.2, 0) is 32.7 Å². The maximum atomic E-state index is 12.8. The maximum absolute atomic E-state index is 12.8. The molecule has 354 valence electrons. The number of phosphoric acid groups is 1. The molecule has 0 bridgehead atoms. The zero-order valence-electron chi connectivity index (χ0n) is 37.0. The van der Waals surface area contributed by atoms with Crippen LogP contribution in [0.25, 0.3) is 0 Å². The zero-order valence-corrected chi connectivity index (χ0v) is 37.9. The van der Waals surface area contributed by atoms with Gasteiger partial charge >= 0.3 is 19.8 Å². The van der Waals surface area contributed by atoms with Crippen LogP contribution >= 0.6 is 7.82 Å². The number of hydrogen-bond donors (Lipinski definition) is 7. The first-order chi connectivity index (χ1) is 29.8. The quantitative estimate of drug-likeness (QED) is 0.0142. The molecule has 1 rings (SSSR count). The summed E-state index contributed by atoms with van der Waals surface area (Å²) in [6.45, 7) is 2.65. The summed E-state index contributed by atoms with van der Waals surface area (Å²) in [6.07, 6.45) is 30.6. The molecule has 9 atom stereocenters. The highest BCUT2D eigenvalue weighted by Gasteiger charge is 2.51. The summed E-state index contributed by atoms with van der Waals surface area (Å²) in [7, 11) is -5.15. The first kappa shape index (κ1) is 57.0. The Morgan fingerprint density at radius 2 is 1.00 bits per heavy atom. The van der Waals surface area contributed by atoms with Gasteiger partial charge in [-0.1, -0.05) is 111 Å². The van der Waals surface area contributed by atoms with Crippen molar-refractivity contribution in [2.45, 2.75) is 185 Å². The lowest BCUT2D eigenvalue weighted by molar-refractivity contribution is -0.220. The molecular weight excluding hydrogens is 819 g/mol. The summed E-state index contributed by atoms with van der Waals surface area (Å²) in [6, 6.07) is 0. The van der Waals surface area contributed by atoms with Crippen molar-refractivity contribution in [3.63, 3.8) is 0 Å². The minimum absolute atomic E-state index is 0.0542. The monoisotopic (exact) mass is 897 g/mol. The minimum atomic E-state index is -5.15. The van der Waals surface area contributed by atoms with E-state index in [0.717, 1.165) is 89.9 Å². The number of carbonyl (C=O) groups is 2. The molecule has 14 nitrogen and oxygen atoms in total. The molecular formula is C47H77O14P. The van der Waals surface area contributed by atoms with Crippen molar-refractivity contribution in [2.24, 2.45) is 0 Å². The molecule has 1 saturated carbocycles. The van der Waals surface area contributed by atoms with E-state index in [9.17, 15) is 49.7 Å². The number of phosphoric ester groups is 1. The Balaban J connectivity index is 2.53. The van der Waals surface area contributed by atoms with E-state index in [1.165, 1.54) is 0 Å². The van der Waals surface area contributed by atoms with Crippen molar-refractivity contribution in [3.8, 4) is 0 Å². The summed E-state index contributed by atoms with van der Waals surface area (Å²) in [5.74, 6) is -1.21. The number of carbonyl (C=O) groups excluding carboxylic acids is 2.